The van der Waals surface area contributed by atoms with Gasteiger partial charge in [-0.25, -0.2) is 0 Å². The molecule has 7 aromatic rings. The van der Waals surface area contributed by atoms with E-state index >= 15 is 0 Å². The highest BCUT2D eigenvalue weighted by Crippen LogP contribution is 2.51. The molecule has 1 aliphatic heterocycles. The maximum Gasteiger partial charge on any atom is 0.137 e. The summed E-state index contributed by atoms with van der Waals surface area (Å²) in [5, 5.41) is 5.83. The highest BCUT2D eigenvalue weighted by atomic mass is 16.5. The summed E-state index contributed by atoms with van der Waals surface area (Å²) < 4.78 is 6.59. The van der Waals surface area contributed by atoms with Crippen LogP contribution in [-0.2, 0) is 0 Å². The molecule has 0 radical (unpaired) electrons. The molecule has 1 heterocycles. The summed E-state index contributed by atoms with van der Waals surface area (Å²) in [5.74, 6) is 1.72. The summed E-state index contributed by atoms with van der Waals surface area (Å²) in [5.41, 5.74) is 10.0. The maximum atomic E-state index is 6.59. The number of hydrogen-bond acceptors (Lipinski definition) is 3. The predicted octanol–water partition coefficient (Wildman–Crippen LogP) is 11.5. The Labute approximate surface area is 251 Å². The average molecular weight is 553 g/mol. The fraction of sp³-hybridized carbons (Fsp3) is 0. The minimum absolute atomic E-state index is 0.849. The zero-order valence-electron chi connectivity index (χ0n) is 23.4. The first-order valence-corrected chi connectivity index (χ1v) is 14.5. The SMILES string of the molecule is c1ccc(-c2ccc(Nc3ccc4c(c3)Oc3ccc(N(c5ccccc5)c5ccccc5)c5cccc-4c35)cc2)cc1. The minimum atomic E-state index is 0.849. The van der Waals surface area contributed by atoms with Gasteiger partial charge < -0.3 is 15.0 Å². The normalized spacial score (nSPS) is 11.4. The largest absolute Gasteiger partial charge is 0.456 e. The van der Waals surface area contributed by atoms with Crippen LogP contribution < -0.4 is 15.0 Å². The van der Waals surface area contributed by atoms with Crippen LogP contribution in [0.25, 0.3) is 33.0 Å². The lowest BCUT2D eigenvalue weighted by atomic mass is 9.93. The lowest BCUT2D eigenvalue weighted by molar-refractivity contribution is 0.487. The Morgan fingerprint density at radius 1 is 0.442 bits per heavy atom. The lowest BCUT2D eigenvalue weighted by Crippen LogP contribution is -2.11. The van der Waals surface area contributed by atoms with Gasteiger partial charge in [-0.2, -0.15) is 0 Å². The van der Waals surface area contributed by atoms with Crippen LogP contribution >= 0.6 is 0 Å². The van der Waals surface area contributed by atoms with Crippen molar-refractivity contribution >= 4 is 39.2 Å². The monoisotopic (exact) mass is 552 g/mol. The van der Waals surface area contributed by atoms with E-state index in [1.807, 2.05) is 6.07 Å². The van der Waals surface area contributed by atoms with Crippen molar-refractivity contribution in [3.05, 3.63) is 164 Å². The van der Waals surface area contributed by atoms with E-state index < -0.39 is 0 Å². The molecule has 0 atom stereocenters. The number of anilines is 5. The van der Waals surface area contributed by atoms with Crippen LogP contribution in [0.3, 0.4) is 0 Å². The summed E-state index contributed by atoms with van der Waals surface area (Å²) in [6.07, 6.45) is 0. The molecule has 204 valence electrons. The van der Waals surface area contributed by atoms with Gasteiger partial charge in [0, 0.05) is 45.2 Å². The van der Waals surface area contributed by atoms with E-state index in [0.717, 1.165) is 56.3 Å². The number of rotatable bonds is 6. The first kappa shape index (κ1) is 25.0. The van der Waals surface area contributed by atoms with E-state index in [1.54, 1.807) is 0 Å². The van der Waals surface area contributed by atoms with E-state index in [0.29, 0.717) is 0 Å². The molecular formula is C40H28N2O. The van der Waals surface area contributed by atoms with E-state index in [1.165, 1.54) is 16.7 Å². The third kappa shape index (κ3) is 4.58. The number of fused-ring (bicyclic) bond motifs is 2. The van der Waals surface area contributed by atoms with Gasteiger partial charge in [-0.15, -0.1) is 0 Å². The zero-order chi connectivity index (χ0) is 28.6. The Kier molecular flexibility index (Phi) is 6.12. The fourth-order valence-corrected chi connectivity index (χ4v) is 6.01. The number of benzene rings is 7. The molecule has 1 aliphatic rings. The van der Waals surface area contributed by atoms with Gasteiger partial charge in [0.1, 0.15) is 11.5 Å². The number of hydrogen-bond donors (Lipinski definition) is 1. The van der Waals surface area contributed by atoms with E-state index in [-0.39, 0.29) is 0 Å². The molecule has 0 amide bonds. The predicted molar refractivity (Wildman–Crippen MR) is 179 cm³/mol. The number of nitrogens with one attached hydrogen (secondary N) is 1. The number of ether oxygens (including phenoxy) is 1. The molecule has 0 saturated carbocycles. The molecule has 0 bridgehead atoms. The maximum absolute atomic E-state index is 6.59. The Balaban J connectivity index is 1.16. The van der Waals surface area contributed by atoms with Gasteiger partial charge in [-0.1, -0.05) is 97.1 Å². The van der Waals surface area contributed by atoms with Gasteiger partial charge in [0.05, 0.1) is 5.69 Å². The Morgan fingerprint density at radius 2 is 1.07 bits per heavy atom. The van der Waals surface area contributed by atoms with Gasteiger partial charge >= 0.3 is 0 Å². The summed E-state index contributed by atoms with van der Waals surface area (Å²) >= 11 is 0. The van der Waals surface area contributed by atoms with Gasteiger partial charge in [0.15, 0.2) is 0 Å². The average Bonchev–Trinajstić information content (AvgIpc) is 3.08. The van der Waals surface area contributed by atoms with Crippen LogP contribution in [0.4, 0.5) is 28.4 Å². The molecule has 0 saturated heterocycles. The highest BCUT2D eigenvalue weighted by Gasteiger charge is 2.24. The molecule has 0 aromatic heterocycles. The van der Waals surface area contributed by atoms with Gasteiger partial charge in [0.25, 0.3) is 0 Å². The third-order valence-electron chi connectivity index (χ3n) is 8.02. The summed E-state index contributed by atoms with van der Waals surface area (Å²) in [4.78, 5) is 2.31. The molecule has 0 fully saturated rings. The topological polar surface area (TPSA) is 24.5 Å². The van der Waals surface area contributed by atoms with Crippen LogP contribution in [0.15, 0.2) is 164 Å². The first-order valence-electron chi connectivity index (χ1n) is 14.5. The fourth-order valence-electron chi connectivity index (χ4n) is 6.01. The minimum Gasteiger partial charge on any atom is -0.456 e. The van der Waals surface area contributed by atoms with Gasteiger partial charge in [0.2, 0.25) is 0 Å². The summed E-state index contributed by atoms with van der Waals surface area (Å²) in [7, 11) is 0. The molecule has 1 N–H and O–H groups in total. The van der Waals surface area contributed by atoms with Crippen molar-refractivity contribution < 1.29 is 4.74 Å². The smallest absolute Gasteiger partial charge is 0.137 e. The zero-order valence-corrected chi connectivity index (χ0v) is 23.4. The van der Waals surface area contributed by atoms with E-state index in [4.69, 9.17) is 4.74 Å². The molecule has 43 heavy (non-hydrogen) atoms. The van der Waals surface area contributed by atoms with Crippen molar-refractivity contribution in [2.45, 2.75) is 0 Å². The van der Waals surface area contributed by atoms with Crippen LogP contribution in [0.2, 0.25) is 0 Å². The van der Waals surface area contributed by atoms with Crippen molar-refractivity contribution in [2.75, 3.05) is 10.2 Å². The van der Waals surface area contributed by atoms with Crippen LogP contribution in [0.1, 0.15) is 0 Å². The quantitative estimate of drug-likeness (QED) is 0.222. The summed E-state index contributed by atoms with van der Waals surface area (Å²) in [6, 6.07) is 57.2. The van der Waals surface area contributed by atoms with Crippen LogP contribution in [0.5, 0.6) is 11.5 Å². The van der Waals surface area contributed by atoms with E-state index in [9.17, 15) is 0 Å². The molecule has 0 spiro atoms. The summed E-state index contributed by atoms with van der Waals surface area (Å²) in [6.45, 7) is 0. The Hall–Kier alpha value is -5.80. The Morgan fingerprint density at radius 3 is 1.77 bits per heavy atom. The van der Waals surface area contributed by atoms with Crippen molar-refractivity contribution in [1.29, 1.82) is 0 Å². The van der Waals surface area contributed by atoms with Crippen molar-refractivity contribution in [1.82, 2.24) is 0 Å². The molecule has 0 aliphatic carbocycles. The first-order chi connectivity index (χ1) is 21.3. The van der Waals surface area contributed by atoms with Gasteiger partial charge in [-0.05, 0) is 77.4 Å². The van der Waals surface area contributed by atoms with E-state index in [2.05, 4.69) is 168 Å². The Bertz CT molecular complexity index is 2020. The highest BCUT2D eigenvalue weighted by molar-refractivity contribution is 6.10. The molecule has 7 aromatic carbocycles. The van der Waals surface area contributed by atoms with Gasteiger partial charge in [-0.3, -0.25) is 0 Å². The molecule has 3 heteroatoms. The van der Waals surface area contributed by atoms with Crippen LogP contribution in [-0.4, -0.2) is 0 Å². The second-order valence-electron chi connectivity index (χ2n) is 10.7. The second kappa shape index (κ2) is 10.6. The third-order valence-corrected chi connectivity index (χ3v) is 8.02. The van der Waals surface area contributed by atoms with Crippen molar-refractivity contribution in [3.63, 3.8) is 0 Å². The number of nitrogens with zero attached hydrogens (tertiary/aromatic N) is 1. The molecule has 8 rings (SSSR count). The molecule has 0 unspecified atom stereocenters. The lowest BCUT2D eigenvalue weighted by Gasteiger charge is -2.29. The molecule has 3 nitrogen and oxygen atoms in total. The standard InChI is InChI=1S/C40H28N2O/c1-4-11-28(12-5-1)29-19-21-30(22-20-29)41-31-23-24-34-35-17-10-18-36-37(25-26-38(40(35)36)43-39(34)27-31)42(32-13-6-2-7-14-32)33-15-8-3-9-16-33/h1-27,41H. The van der Waals surface area contributed by atoms with Crippen molar-refractivity contribution in [2.24, 2.45) is 0 Å². The second-order valence-corrected chi connectivity index (χ2v) is 10.7. The number of para-hydroxylation sites is 2. The van der Waals surface area contributed by atoms with Crippen LogP contribution in [0, 0.1) is 0 Å². The van der Waals surface area contributed by atoms with Crippen molar-refractivity contribution in [3.8, 4) is 33.8 Å². The molecular weight excluding hydrogens is 524 g/mol.